The summed E-state index contributed by atoms with van der Waals surface area (Å²) >= 11 is 5.77. The van der Waals surface area contributed by atoms with Gasteiger partial charge in [0.25, 0.3) is 0 Å². The molecule has 0 amide bonds. The summed E-state index contributed by atoms with van der Waals surface area (Å²) in [5, 5.41) is 10.8. The Kier molecular flexibility index (Phi) is 2.68. The molecule has 2 fully saturated rings. The Morgan fingerprint density at radius 3 is 2.88 bits per heavy atom. The van der Waals surface area contributed by atoms with Crippen LogP contribution in [0.1, 0.15) is 31.2 Å². The lowest BCUT2D eigenvalue weighted by Crippen LogP contribution is -2.37. The van der Waals surface area contributed by atoms with Crippen molar-refractivity contribution in [3.8, 4) is 0 Å². The Labute approximate surface area is 106 Å². The van der Waals surface area contributed by atoms with Crippen LogP contribution < -0.4 is 0 Å². The van der Waals surface area contributed by atoms with Crippen LogP contribution in [-0.2, 0) is 6.42 Å². The number of rotatable bonds is 2. The fraction of sp³-hybridized carbons (Fsp3) is 0.571. The van der Waals surface area contributed by atoms with Gasteiger partial charge in [-0.3, -0.25) is 0 Å². The van der Waals surface area contributed by atoms with E-state index in [0.717, 1.165) is 19.3 Å². The third-order valence-corrected chi connectivity index (χ3v) is 4.76. The van der Waals surface area contributed by atoms with Gasteiger partial charge in [-0.05, 0) is 49.1 Å². The summed E-state index contributed by atoms with van der Waals surface area (Å²) in [6.45, 7) is 0. The van der Waals surface area contributed by atoms with Gasteiger partial charge in [0.05, 0.1) is 10.6 Å². The first kappa shape index (κ1) is 11.5. The van der Waals surface area contributed by atoms with Gasteiger partial charge < -0.3 is 5.11 Å². The Morgan fingerprint density at radius 1 is 1.41 bits per heavy atom. The van der Waals surface area contributed by atoms with Gasteiger partial charge in [0.15, 0.2) is 0 Å². The molecule has 3 atom stereocenters. The van der Waals surface area contributed by atoms with Crippen LogP contribution in [0, 0.1) is 17.7 Å². The van der Waals surface area contributed by atoms with Gasteiger partial charge in [-0.15, -0.1) is 0 Å². The number of aliphatic hydroxyl groups is 1. The Balaban J connectivity index is 1.85. The average molecular weight is 255 g/mol. The van der Waals surface area contributed by atoms with Crippen molar-refractivity contribution in [3.05, 3.63) is 34.6 Å². The topological polar surface area (TPSA) is 20.2 Å². The third-order valence-electron chi connectivity index (χ3n) is 4.47. The molecular weight excluding hydrogens is 239 g/mol. The molecule has 92 valence electrons. The van der Waals surface area contributed by atoms with Gasteiger partial charge in [0, 0.05) is 6.42 Å². The molecule has 0 spiro atoms. The lowest BCUT2D eigenvalue weighted by Gasteiger charge is -2.32. The smallest absolute Gasteiger partial charge is 0.145 e. The molecule has 2 bridgehead atoms. The van der Waals surface area contributed by atoms with E-state index in [0.29, 0.717) is 23.8 Å². The molecule has 0 radical (unpaired) electrons. The second-order valence-electron chi connectivity index (χ2n) is 5.57. The normalized spacial score (nSPS) is 35.5. The highest BCUT2D eigenvalue weighted by atomic mass is 35.5. The van der Waals surface area contributed by atoms with Crippen LogP contribution in [0.25, 0.3) is 0 Å². The van der Waals surface area contributed by atoms with Crippen LogP contribution in [0.2, 0.25) is 5.02 Å². The van der Waals surface area contributed by atoms with Crippen molar-refractivity contribution in [2.24, 2.45) is 11.8 Å². The van der Waals surface area contributed by atoms with Gasteiger partial charge >= 0.3 is 0 Å². The van der Waals surface area contributed by atoms with Gasteiger partial charge in [-0.25, -0.2) is 4.39 Å². The molecule has 1 N–H and O–H groups in total. The van der Waals surface area contributed by atoms with Crippen molar-refractivity contribution >= 4 is 11.6 Å². The Hall–Kier alpha value is -0.600. The molecule has 2 aliphatic rings. The quantitative estimate of drug-likeness (QED) is 0.856. The highest BCUT2D eigenvalue weighted by Gasteiger charge is 2.49. The minimum absolute atomic E-state index is 0.147. The lowest BCUT2D eigenvalue weighted by molar-refractivity contribution is -0.0131. The average Bonchev–Trinajstić information content (AvgIpc) is 2.84. The first-order chi connectivity index (χ1) is 8.08. The molecule has 0 saturated heterocycles. The highest BCUT2D eigenvalue weighted by molar-refractivity contribution is 6.30. The SMILES string of the molecule is OC1(Cc2cccc(Cl)c2F)CC2CCC1C2. The van der Waals surface area contributed by atoms with E-state index < -0.39 is 5.60 Å². The minimum Gasteiger partial charge on any atom is -0.389 e. The molecule has 17 heavy (non-hydrogen) atoms. The molecule has 2 saturated carbocycles. The predicted molar refractivity (Wildman–Crippen MR) is 65.5 cm³/mol. The molecule has 3 rings (SSSR count). The summed E-state index contributed by atoms with van der Waals surface area (Å²) in [6, 6.07) is 5.02. The highest BCUT2D eigenvalue weighted by Crippen LogP contribution is 2.52. The molecular formula is C14H16ClFO. The first-order valence-corrected chi connectivity index (χ1v) is 6.61. The summed E-state index contributed by atoms with van der Waals surface area (Å²) in [7, 11) is 0. The monoisotopic (exact) mass is 254 g/mol. The third kappa shape index (κ3) is 1.88. The zero-order valence-electron chi connectivity index (χ0n) is 9.63. The number of benzene rings is 1. The van der Waals surface area contributed by atoms with Gasteiger partial charge in [-0.1, -0.05) is 23.7 Å². The molecule has 0 heterocycles. The van der Waals surface area contributed by atoms with Crippen LogP contribution in [-0.4, -0.2) is 10.7 Å². The van der Waals surface area contributed by atoms with Crippen LogP contribution in [0.3, 0.4) is 0 Å². The van der Waals surface area contributed by atoms with Crippen molar-refractivity contribution < 1.29 is 9.50 Å². The summed E-state index contributed by atoms with van der Waals surface area (Å²) in [5.74, 6) is 0.628. The largest absolute Gasteiger partial charge is 0.389 e. The number of hydrogen-bond acceptors (Lipinski definition) is 1. The maximum absolute atomic E-state index is 13.8. The molecule has 0 aliphatic heterocycles. The molecule has 0 aromatic heterocycles. The summed E-state index contributed by atoms with van der Waals surface area (Å²) < 4.78 is 13.8. The first-order valence-electron chi connectivity index (χ1n) is 6.24. The second-order valence-corrected chi connectivity index (χ2v) is 5.98. The van der Waals surface area contributed by atoms with Crippen LogP contribution in [0.4, 0.5) is 4.39 Å². The van der Waals surface area contributed by atoms with E-state index in [1.165, 1.54) is 6.42 Å². The Bertz CT molecular complexity index is 448. The van der Waals surface area contributed by atoms with E-state index in [1.54, 1.807) is 18.2 Å². The van der Waals surface area contributed by atoms with Crippen LogP contribution in [0.15, 0.2) is 18.2 Å². The van der Waals surface area contributed by atoms with Crippen LogP contribution >= 0.6 is 11.6 Å². The molecule has 3 unspecified atom stereocenters. The number of hydrogen-bond donors (Lipinski definition) is 1. The van der Waals surface area contributed by atoms with Crippen molar-refractivity contribution in [3.63, 3.8) is 0 Å². The van der Waals surface area contributed by atoms with E-state index >= 15 is 0 Å². The Morgan fingerprint density at radius 2 is 2.24 bits per heavy atom. The van der Waals surface area contributed by atoms with E-state index in [-0.39, 0.29) is 10.8 Å². The van der Waals surface area contributed by atoms with Crippen molar-refractivity contribution in [1.29, 1.82) is 0 Å². The zero-order chi connectivity index (χ0) is 12.0. The number of halogens is 2. The fourth-order valence-electron chi connectivity index (χ4n) is 3.65. The van der Waals surface area contributed by atoms with Crippen LogP contribution in [0.5, 0.6) is 0 Å². The molecule has 3 heteroatoms. The van der Waals surface area contributed by atoms with E-state index in [1.807, 2.05) is 0 Å². The van der Waals surface area contributed by atoms with E-state index in [2.05, 4.69) is 0 Å². The fourth-order valence-corrected chi connectivity index (χ4v) is 3.84. The van der Waals surface area contributed by atoms with Gasteiger partial charge in [0.2, 0.25) is 0 Å². The van der Waals surface area contributed by atoms with Crippen molar-refractivity contribution in [1.82, 2.24) is 0 Å². The van der Waals surface area contributed by atoms with Crippen molar-refractivity contribution in [2.45, 2.75) is 37.7 Å². The molecule has 1 aromatic carbocycles. The number of fused-ring (bicyclic) bond motifs is 2. The maximum Gasteiger partial charge on any atom is 0.145 e. The van der Waals surface area contributed by atoms with E-state index in [9.17, 15) is 9.50 Å². The maximum atomic E-state index is 13.8. The summed E-state index contributed by atoms with van der Waals surface area (Å²) in [6.07, 6.45) is 4.65. The second kappa shape index (κ2) is 3.96. The molecule has 2 aliphatic carbocycles. The minimum atomic E-state index is -0.700. The van der Waals surface area contributed by atoms with E-state index in [4.69, 9.17) is 11.6 Å². The molecule has 1 aromatic rings. The standard InChI is InChI=1S/C14H16ClFO/c15-12-3-1-2-10(13(12)16)8-14(17)7-9-4-5-11(14)6-9/h1-3,9,11,17H,4-8H2. The summed E-state index contributed by atoms with van der Waals surface area (Å²) in [5.41, 5.74) is -0.151. The zero-order valence-corrected chi connectivity index (χ0v) is 10.4. The van der Waals surface area contributed by atoms with Gasteiger partial charge in [0.1, 0.15) is 5.82 Å². The van der Waals surface area contributed by atoms with Gasteiger partial charge in [-0.2, -0.15) is 0 Å². The van der Waals surface area contributed by atoms with Crippen molar-refractivity contribution in [2.75, 3.05) is 0 Å². The summed E-state index contributed by atoms with van der Waals surface area (Å²) in [4.78, 5) is 0. The lowest BCUT2D eigenvalue weighted by atomic mass is 9.80. The molecule has 1 nitrogen and oxygen atoms in total. The predicted octanol–water partition coefficient (Wildman–Crippen LogP) is 3.57.